The Hall–Kier alpha value is -0.120. The molecule has 0 spiro atoms. The van der Waals surface area contributed by atoms with E-state index in [1.807, 2.05) is 0 Å². The Morgan fingerprint density at radius 2 is 2.19 bits per heavy atom. The molecule has 0 aromatic rings. The standard InChI is InChI=1S/C13H26N2O/c1-11-4-5-15-13(8-11)9-14-6-7-16-10-12-2-3-12/h11-15H,2-10H2,1H3. The summed E-state index contributed by atoms with van der Waals surface area (Å²) in [6.45, 7) is 7.49. The van der Waals surface area contributed by atoms with Crippen LogP contribution in [0.1, 0.15) is 32.6 Å². The minimum atomic E-state index is 0.673. The lowest BCUT2D eigenvalue weighted by molar-refractivity contribution is 0.125. The van der Waals surface area contributed by atoms with E-state index in [9.17, 15) is 0 Å². The van der Waals surface area contributed by atoms with E-state index < -0.39 is 0 Å². The number of nitrogens with one attached hydrogen (secondary N) is 2. The van der Waals surface area contributed by atoms with Crippen LogP contribution in [0.3, 0.4) is 0 Å². The van der Waals surface area contributed by atoms with Crippen molar-refractivity contribution in [3.05, 3.63) is 0 Å². The number of ether oxygens (including phenoxy) is 1. The molecule has 3 nitrogen and oxygen atoms in total. The Kier molecular flexibility index (Phi) is 5.07. The topological polar surface area (TPSA) is 33.3 Å². The second-order valence-corrected chi connectivity index (χ2v) is 5.50. The monoisotopic (exact) mass is 226 g/mol. The van der Waals surface area contributed by atoms with Gasteiger partial charge in [0.1, 0.15) is 0 Å². The molecule has 2 fully saturated rings. The summed E-state index contributed by atoms with van der Waals surface area (Å²) >= 11 is 0. The van der Waals surface area contributed by atoms with Gasteiger partial charge in [0.2, 0.25) is 0 Å². The minimum absolute atomic E-state index is 0.673. The van der Waals surface area contributed by atoms with Crippen LogP contribution < -0.4 is 10.6 Å². The third kappa shape index (κ3) is 4.81. The number of hydrogen-bond acceptors (Lipinski definition) is 3. The molecule has 0 amide bonds. The molecule has 1 saturated heterocycles. The summed E-state index contributed by atoms with van der Waals surface area (Å²) in [7, 11) is 0. The summed E-state index contributed by atoms with van der Waals surface area (Å²) in [6, 6.07) is 0.673. The van der Waals surface area contributed by atoms with Gasteiger partial charge in [0, 0.05) is 25.7 Å². The van der Waals surface area contributed by atoms with Gasteiger partial charge in [-0.1, -0.05) is 6.92 Å². The van der Waals surface area contributed by atoms with Crippen LogP contribution in [0.25, 0.3) is 0 Å². The van der Waals surface area contributed by atoms with Crippen molar-refractivity contribution in [3.8, 4) is 0 Å². The largest absolute Gasteiger partial charge is 0.380 e. The highest BCUT2D eigenvalue weighted by Gasteiger charge is 2.21. The minimum Gasteiger partial charge on any atom is -0.380 e. The number of piperidine rings is 1. The Morgan fingerprint density at radius 3 is 2.94 bits per heavy atom. The van der Waals surface area contributed by atoms with Gasteiger partial charge in [0.15, 0.2) is 0 Å². The van der Waals surface area contributed by atoms with Crippen molar-refractivity contribution in [1.82, 2.24) is 10.6 Å². The summed E-state index contributed by atoms with van der Waals surface area (Å²) < 4.78 is 5.59. The predicted molar refractivity (Wildman–Crippen MR) is 66.6 cm³/mol. The molecular formula is C13H26N2O. The molecule has 2 N–H and O–H groups in total. The van der Waals surface area contributed by atoms with Crippen LogP contribution >= 0.6 is 0 Å². The summed E-state index contributed by atoms with van der Waals surface area (Å²) in [4.78, 5) is 0. The maximum atomic E-state index is 5.59. The van der Waals surface area contributed by atoms with Crippen LogP contribution in [0.4, 0.5) is 0 Å². The van der Waals surface area contributed by atoms with E-state index in [2.05, 4.69) is 17.6 Å². The van der Waals surface area contributed by atoms with Crippen molar-refractivity contribution in [1.29, 1.82) is 0 Å². The second-order valence-electron chi connectivity index (χ2n) is 5.50. The van der Waals surface area contributed by atoms with Gasteiger partial charge in [-0.25, -0.2) is 0 Å². The van der Waals surface area contributed by atoms with Gasteiger partial charge in [-0.3, -0.25) is 0 Å². The highest BCUT2D eigenvalue weighted by Crippen LogP contribution is 2.28. The molecule has 2 rings (SSSR count). The maximum absolute atomic E-state index is 5.59. The fraction of sp³-hybridized carbons (Fsp3) is 1.00. The Morgan fingerprint density at radius 1 is 1.31 bits per heavy atom. The van der Waals surface area contributed by atoms with Gasteiger partial charge in [-0.15, -0.1) is 0 Å². The highest BCUT2D eigenvalue weighted by atomic mass is 16.5. The van der Waals surface area contributed by atoms with Crippen LogP contribution in [0, 0.1) is 11.8 Å². The number of hydrogen-bond donors (Lipinski definition) is 2. The zero-order valence-electron chi connectivity index (χ0n) is 10.5. The fourth-order valence-corrected chi connectivity index (χ4v) is 2.33. The summed E-state index contributed by atoms with van der Waals surface area (Å²) in [5, 5.41) is 7.05. The SMILES string of the molecule is CC1CCNC(CNCCOCC2CC2)C1. The quantitative estimate of drug-likeness (QED) is 0.644. The molecule has 1 aliphatic carbocycles. The molecule has 3 heteroatoms. The van der Waals surface area contributed by atoms with Crippen LogP contribution in [-0.4, -0.2) is 38.9 Å². The van der Waals surface area contributed by atoms with Crippen molar-refractivity contribution < 1.29 is 4.74 Å². The molecule has 94 valence electrons. The van der Waals surface area contributed by atoms with Crippen LogP contribution in [0.2, 0.25) is 0 Å². The Bertz CT molecular complexity index is 194. The molecule has 0 aromatic heterocycles. The van der Waals surface area contributed by atoms with Crippen molar-refractivity contribution in [3.63, 3.8) is 0 Å². The zero-order valence-corrected chi connectivity index (χ0v) is 10.5. The Labute approximate surface area is 99.3 Å². The number of rotatable bonds is 7. The van der Waals surface area contributed by atoms with Crippen LogP contribution in [0.5, 0.6) is 0 Å². The first-order valence-electron chi connectivity index (χ1n) is 6.86. The average molecular weight is 226 g/mol. The van der Waals surface area contributed by atoms with Gasteiger partial charge in [0.25, 0.3) is 0 Å². The molecule has 1 heterocycles. The van der Waals surface area contributed by atoms with Gasteiger partial charge >= 0.3 is 0 Å². The molecule has 1 saturated carbocycles. The van der Waals surface area contributed by atoms with Gasteiger partial charge < -0.3 is 15.4 Å². The maximum Gasteiger partial charge on any atom is 0.0591 e. The van der Waals surface area contributed by atoms with E-state index in [4.69, 9.17) is 4.74 Å². The molecule has 0 radical (unpaired) electrons. The molecule has 0 bridgehead atoms. The van der Waals surface area contributed by atoms with Crippen molar-refractivity contribution in [2.75, 3.05) is 32.8 Å². The van der Waals surface area contributed by atoms with Gasteiger partial charge in [-0.2, -0.15) is 0 Å². The molecule has 2 atom stereocenters. The highest BCUT2D eigenvalue weighted by molar-refractivity contribution is 4.77. The smallest absolute Gasteiger partial charge is 0.0591 e. The third-order valence-electron chi connectivity index (χ3n) is 3.62. The summed E-state index contributed by atoms with van der Waals surface area (Å²) in [5.41, 5.74) is 0. The van der Waals surface area contributed by atoms with E-state index in [0.29, 0.717) is 6.04 Å². The molecule has 2 aliphatic rings. The van der Waals surface area contributed by atoms with Crippen molar-refractivity contribution in [2.24, 2.45) is 11.8 Å². The van der Waals surface area contributed by atoms with E-state index in [-0.39, 0.29) is 0 Å². The first-order valence-corrected chi connectivity index (χ1v) is 6.86. The molecule has 2 unspecified atom stereocenters. The Balaban J connectivity index is 1.41. The van der Waals surface area contributed by atoms with Crippen molar-refractivity contribution in [2.45, 2.75) is 38.6 Å². The fourth-order valence-electron chi connectivity index (χ4n) is 2.33. The van der Waals surface area contributed by atoms with E-state index in [1.165, 1.54) is 32.2 Å². The third-order valence-corrected chi connectivity index (χ3v) is 3.62. The van der Waals surface area contributed by atoms with Gasteiger partial charge in [0.05, 0.1) is 6.61 Å². The van der Waals surface area contributed by atoms with Crippen molar-refractivity contribution >= 4 is 0 Å². The normalized spacial score (nSPS) is 30.6. The molecular weight excluding hydrogens is 200 g/mol. The first-order chi connectivity index (χ1) is 7.84. The van der Waals surface area contributed by atoms with Gasteiger partial charge in [-0.05, 0) is 44.1 Å². The summed E-state index contributed by atoms with van der Waals surface area (Å²) in [6.07, 6.45) is 5.42. The zero-order chi connectivity index (χ0) is 11.2. The van der Waals surface area contributed by atoms with E-state index in [0.717, 1.165) is 38.1 Å². The van der Waals surface area contributed by atoms with E-state index in [1.54, 1.807) is 0 Å². The molecule has 16 heavy (non-hydrogen) atoms. The molecule has 1 aliphatic heterocycles. The lowest BCUT2D eigenvalue weighted by Crippen LogP contribution is -2.44. The summed E-state index contributed by atoms with van der Waals surface area (Å²) in [5.74, 6) is 1.78. The van der Waals surface area contributed by atoms with Crippen LogP contribution in [-0.2, 0) is 4.74 Å². The average Bonchev–Trinajstić information content (AvgIpc) is 3.07. The molecule has 0 aromatic carbocycles. The van der Waals surface area contributed by atoms with E-state index >= 15 is 0 Å². The second kappa shape index (κ2) is 6.58. The lowest BCUT2D eigenvalue weighted by Gasteiger charge is -2.28. The van der Waals surface area contributed by atoms with Crippen LogP contribution in [0.15, 0.2) is 0 Å². The first kappa shape index (κ1) is 12.3. The lowest BCUT2D eigenvalue weighted by atomic mass is 9.94. The predicted octanol–water partition coefficient (Wildman–Crippen LogP) is 1.39.